The molecular formula is C31H52O. The highest BCUT2D eigenvalue weighted by molar-refractivity contribution is 5.33. The Kier molecular flexibility index (Phi) is 5.05. The topological polar surface area (TPSA) is 9.23 Å². The van der Waals surface area contributed by atoms with Crippen molar-refractivity contribution in [1.29, 1.82) is 0 Å². The average molecular weight is 441 g/mol. The zero-order valence-electron chi connectivity index (χ0n) is 22.9. The molecule has 32 heavy (non-hydrogen) atoms. The second kappa shape index (κ2) is 6.89. The summed E-state index contributed by atoms with van der Waals surface area (Å²) in [6, 6.07) is 0. The summed E-state index contributed by atoms with van der Waals surface area (Å²) in [5, 5.41) is 0. The maximum atomic E-state index is 6.03. The van der Waals surface area contributed by atoms with Crippen LogP contribution in [0.2, 0.25) is 0 Å². The SMILES string of the molecule is CO[C@H]1CC[C@@]2(C)[C@H](CC=C3[C@@H]2CC[C@@]2(C)[C@@H]4CC(C)(C)CC[C@]4(C)CC[C@]32C)C1(C)C. The minimum atomic E-state index is 0.268. The van der Waals surface area contributed by atoms with Gasteiger partial charge < -0.3 is 4.74 Å². The van der Waals surface area contributed by atoms with Crippen molar-refractivity contribution in [2.75, 3.05) is 7.11 Å². The van der Waals surface area contributed by atoms with Crippen LogP contribution in [0.5, 0.6) is 0 Å². The van der Waals surface area contributed by atoms with Gasteiger partial charge in [0.25, 0.3) is 0 Å². The largest absolute Gasteiger partial charge is 0.381 e. The molecule has 0 N–H and O–H groups in total. The van der Waals surface area contributed by atoms with E-state index in [-0.39, 0.29) is 5.41 Å². The molecule has 5 rings (SSSR count). The van der Waals surface area contributed by atoms with Gasteiger partial charge in [-0.15, -0.1) is 0 Å². The van der Waals surface area contributed by atoms with Gasteiger partial charge >= 0.3 is 0 Å². The van der Waals surface area contributed by atoms with Gasteiger partial charge in [-0.1, -0.05) is 67.0 Å². The molecule has 4 fully saturated rings. The van der Waals surface area contributed by atoms with E-state index in [0.29, 0.717) is 33.2 Å². The van der Waals surface area contributed by atoms with E-state index in [9.17, 15) is 0 Å². The molecule has 0 spiro atoms. The number of hydrogen-bond acceptors (Lipinski definition) is 1. The summed E-state index contributed by atoms with van der Waals surface area (Å²) < 4.78 is 6.03. The molecule has 0 aliphatic heterocycles. The number of methoxy groups -OCH3 is 1. The van der Waals surface area contributed by atoms with E-state index in [1.165, 1.54) is 64.2 Å². The van der Waals surface area contributed by atoms with Crippen LogP contribution in [0.4, 0.5) is 0 Å². The van der Waals surface area contributed by atoms with Crippen LogP contribution in [-0.4, -0.2) is 13.2 Å². The minimum absolute atomic E-state index is 0.268. The zero-order valence-corrected chi connectivity index (χ0v) is 22.9. The summed E-state index contributed by atoms with van der Waals surface area (Å²) in [5.74, 6) is 2.42. The van der Waals surface area contributed by atoms with Crippen molar-refractivity contribution in [3.63, 3.8) is 0 Å². The number of fused-ring (bicyclic) bond motifs is 7. The smallest absolute Gasteiger partial charge is 0.0625 e. The molecule has 0 amide bonds. The first-order valence-corrected chi connectivity index (χ1v) is 14.0. The summed E-state index contributed by atoms with van der Waals surface area (Å²) >= 11 is 0. The molecule has 0 aromatic rings. The van der Waals surface area contributed by atoms with Gasteiger partial charge in [0.2, 0.25) is 0 Å². The van der Waals surface area contributed by atoms with Crippen LogP contribution in [0.1, 0.15) is 120 Å². The maximum Gasteiger partial charge on any atom is 0.0625 e. The van der Waals surface area contributed by atoms with Gasteiger partial charge in [0.05, 0.1) is 6.10 Å². The molecule has 0 unspecified atom stereocenters. The van der Waals surface area contributed by atoms with Gasteiger partial charge in [-0.3, -0.25) is 0 Å². The molecule has 8 atom stereocenters. The van der Waals surface area contributed by atoms with Crippen LogP contribution >= 0.6 is 0 Å². The number of allylic oxidation sites excluding steroid dienone is 2. The van der Waals surface area contributed by atoms with Gasteiger partial charge in [0.15, 0.2) is 0 Å². The quantitative estimate of drug-likeness (QED) is 0.370. The fraction of sp³-hybridized carbons (Fsp3) is 0.935. The van der Waals surface area contributed by atoms with Crippen LogP contribution in [0, 0.1) is 50.2 Å². The monoisotopic (exact) mass is 440 g/mol. The summed E-state index contributed by atoms with van der Waals surface area (Å²) in [6.45, 7) is 20.9. The molecule has 0 heterocycles. The fourth-order valence-electron chi connectivity index (χ4n) is 10.9. The van der Waals surface area contributed by atoms with Crippen LogP contribution < -0.4 is 0 Å². The summed E-state index contributed by atoms with van der Waals surface area (Å²) in [4.78, 5) is 0. The summed E-state index contributed by atoms with van der Waals surface area (Å²) in [7, 11) is 1.94. The summed E-state index contributed by atoms with van der Waals surface area (Å²) in [5.41, 5.74) is 4.55. The number of rotatable bonds is 1. The normalized spacial score (nSPS) is 53.8. The Labute approximate surface area is 199 Å². The first kappa shape index (κ1) is 23.4. The maximum absolute atomic E-state index is 6.03. The van der Waals surface area contributed by atoms with Crippen molar-refractivity contribution in [2.24, 2.45) is 50.2 Å². The molecule has 0 radical (unpaired) electrons. The van der Waals surface area contributed by atoms with Crippen LogP contribution in [0.15, 0.2) is 11.6 Å². The van der Waals surface area contributed by atoms with Crippen molar-refractivity contribution in [2.45, 2.75) is 126 Å². The van der Waals surface area contributed by atoms with Gasteiger partial charge in [-0.05, 0) is 114 Å². The molecule has 5 aliphatic rings. The van der Waals surface area contributed by atoms with E-state index in [2.05, 4.69) is 61.5 Å². The lowest BCUT2D eigenvalue weighted by Gasteiger charge is -2.71. The Hall–Kier alpha value is -0.300. The minimum Gasteiger partial charge on any atom is -0.381 e. The predicted molar refractivity (Wildman–Crippen MR) is 136 cm³/mol. The first-order valence-electron chi connectivity index (χ1n) is 14.0. The van der Waals surface area contributed by atoms with Crippen LogP contribution in [0.25, 0.3) is 0 Å². The van der Waals surface area contributed by atoms with Crippen molar-refractivity contribution < 1.29 is 4.74 Å². The summed E-state index contributed by atoms with van der Waals surface area (Å²) in [6.07, 6.45) is 17.1. The first-order chi connectivity index (χ1) is 14.7. The van der Waals surface area contributed by atoms with Crippen molar-refractivity contribution >= 4 is 0 Å². The Bertz CT molecular complexity index is 805. The van der Waals surface area contributed by atoms with E-state index in [1.807, 2.05) is 12.7 Å². The van der Waals surface area contributed by atoms with Crippen LogP contribution in [-0.2, 0) is 4.74 Å². The molecule has 182 valence electrons. The highest BCUT2D eigenvalue weighted by atomic mass is 16.5. The molecule has 0 aromatic carbocycles. The Morgan fingerprint density at radius 1 is 0.781 bits per heavy atom. The number of hydrogen-bond donors (Lipinski definition) is 0. The standard InChI is InChI=1S/C31H52O/c1-26(2)16-17-28(5)18-19-30(7)22-10-11-23-27(3,4)25(32-9)13-14-29(23,6)21(22)12-15-31(30,8)24(28)20-26/h10,21,23-25H,11-20H2,1-9H3/t21-,23+,24+,25-,28+,29+,30+,31-/m0/s1. The molecule has 4 saturated carbocycles. The van der Waals surface area contributed by atoms with Crippen molar-refractivity contribution in [3.05, 3.63) is 11.6 Å². The van der Waals surface area contributed by atoms with Crippen molar-refractivity contribution in [1.82, 2.24) is 0 Å². The van der Waals surface area contributed by atoms with E-state index >= 15 is 0 Å². The lowest BCUT2D eigenvalue weighted by Crippen LogP contribution is -2.63. The highest BCUT2D eigenvalue weighted by Gasteiger charge is 2.67. The van der Waals surface area contributed by atoms with Gasteiger partial charge in [0, 0.05) is 7.11 Å². The molecule has 0 aromatic heterocycles. The lowest BCUT2D eigenvalue weighted by atomic mass is 9.34. The van der Waals surface area contributed by atoms with Gasteiger partial charge in [-0.2, -0.15) is 0 Å². The predicted octanol–water partition coefficient (Wildman–Crippen LogP) is 8.82. The van der Waals surface area contributed by atoms with Crippen LogP contribution in [0.3, 0.4) is 0 Å². The molecule has 1 nitrogen and oxygen atoms in total. The third-order valence-corrected chi connectivity index (χ3v) is 13.3. The van der Waals surface area contributed by atoms with Gasteiger partial charge in [-0.25, -0.2) is 0 Å². The van der Waals surface area contributed by atoms with E-state index in [0.717, 1.165) is 17.8 Å². The van der Waals surface area contributed by atoms with Gasteiger partial charge in [0.1, 0.15) is 0 Å². The fourth-order valence-corrected chi connectivity index (χ4v) is 10.9. The molecule has 0 saturated heterocycles. The Balaban J connectivity index is 1.55. The van der Waals surface area contributed by atoms with E-state index < -0.39 is 0 Å². The van der Waals surface area contributed by atoms with E-state index in [4.69, 9.17) is 4.74 Å². The highest BCUT2D eigenvalue weighted by Crippen LogP contribution is 2.75. The second-order valence-electron chi connectivity index (χ2n) is 15.5. The Morgan fingerprint density at radius 3 is 2.16 bits per heavy atom. The molecular weight excluding hydrogens is 388 g/mol. The third-order valence-electron chi connectivity index (χ3n) is 13.3. The molecule has 0 bridgehead atoms. The van der Waals surface area contributed by atoms with Crippen molar-refractivity contribution in [3.8, 4) is 0 Å². The second-order valence-corrected chi connectivity index (χ2v) is 15.5. The average Bonchev–Trinajstić information content (AvgIpc) is 2.71. The zero-order chi connectivity index (χ0) is 23.4. The molecule has 1 heteroatoms. The number of ether oxygens (including phenoxy) is 1. The van der Waals surface area contributed by atoms with E-state index in [1.54, 1.807) is 0 Å². The Morgan fingerprint density at radius 2 is 1.47 bits per heavy atom. The lowest BCUT2D eigenvalue weighted by molar-refractivity contribution is -0.180. The molecule has 5 aliphatic carbocycles. The third kappa shape index (κ3) is 2.85.